The molecule has 0 spiro atoms. The van der Waals surface area contributed by atoms with Crippen molar-refractivity contribution in [2.24, 2.45) is 0 Å². The quantitative estimate of drug-likeness (QED) is 0.526. The van der Waals surface area contributed by atoms with Gasteiger partial charge in [-0.25, -0.2) is 0 Å². The maximum absolute atomic E-state index is 3.54. The Morgan fingerprint density at radius 2 is 2.38 bits per heavy atom. The van der Waals surface area contributed by atoms with Gasteiger partial charge in [0.25, 0.3) is 0 Å². The van der Waals surface area contributed by atoms with Crippen molar-refractivity contribution in [3.63, 3.8) is 0 Å². The topological polar surface area (TPSA) is 3.01 Å². The van der Waals surface area contributed by atoms with Crippen LogP contribution in [-0.2, 0) is 0 Å². The van der Waals surface area contributed by atoms with Crippen LogP contribution in [-0.4, -0.2) is 20.1 Å². The zero-order chi connectivity index (χ0) is 9.00. The summed E-state index contributed by atoms with van der Waals surface area (Å²) in [4.78, 5) is 0.913. The first-order valence-corrected chi connectivity index (χ1v) is 7.06. The van der Waals surface area contributed by atoms with E-state index < -0.39 is 0 Å². The maximum atomic E-state index is 3.54. The molecule has 0 amide bonds. The Morgan fingerprint density at radius 1 is 1.54 bits per heavy atom. The van der Waals surface area contributed by atoms with Gasteiger partial charge in [0.05, 0.1) is 0 Å². The van der Waals surface area contributed by atoms with E-state index in [4.69, 9.17) is 0 Å². The van der Waals surface area contributed by atoms with Crippen molar-refractivity contribution in [3.05, 3.63) is 28.2 Å². The summed E-state index contributed by atoms with van der Waals surface area (Å²) < 4.78 is 3.78. The third-order valence-electron chi connectivity index (χ3n) is 2.76. The second kappa shape index (κ2) is 2.75. The standard InChI is InChI=1S/C10H10BrNSe/c1-6-4-10-12(13-10)9-3-2-7(11)5-8(6)9/h2-3,5-6,10H,4H2,1H3. The predicted molar refractivity (Wildman–Crippen MR) is 59.2 cm³/mol. The Balaban J connectivity index is 2.15. The number of nitrogens with zero attached hydrogens (tertiary/aromatic N) is 1. The molecule has 1 aromatic rings. The molecule has 2 atom stereocenters. The van der Waals surface area contributed by atoms with Gasteiger partial charge in [-0.1, -0.05) is 0 Å². The molecule has 0 N–H and O–H groups in total. The molecule has 13 heavy (non-hydrogen) atoms. The second-order valence-electron chi connectivity index (χ2n) is 3.73. The molecule has 2 aliphatic heterocycles. The van der Waals surface area contributed by atoms with Crippen LogP contribution in [0.1, 0.15) is 24.8 Å². The van der Waals surface area contributed by atoms with Gasteiger partial charge >= 0.3 is 93.1 Å². The van der Waals surface area contributed by atoms with Gasteiger partial charge in [-0.15, -0.1) is 0 Å². The third kappa shape index (κ3) is 1.25. The number of halogens is 1. The van der Waals surface area contributed by atoms with E-state index >= 15 is 0 Å². The number of anilines is 1. The van der Waals surface area contributed by atoms with Crippen LogP contribution in [0.25, 0.3) is 0 Å². The van der Waals surface area contributed by atoms with E-state index in [9.17, 15) is 0 Å². The fraction of sp³-hybridized carbons (Fsp3) is 0.400. The van der Waals surface area contributed by atoms with Gasteiger partial charge in [0.1, 0.15) is 0 Å². The van der Waals surface area contributed by atoms with Crippen molar-refractivity contribution >= 4 is 36.8 Å². The summed E-state index contributed by atoms with van der Waals surface area (Å²) in [6.07, 6.45) is 1.36. The minimum absolute atomic E-state index is 0.748. The molecule has 0 aliphatic carbocycles. The van der Waals surface area contributed by atoms with Gasteiger partial charge in [-0.05, 0) is 0 Å². The molecule has 0 aromatic heterocycles. The number of benzene rings is 1. The number of rotatable bonds is 0. The van der Waals surface area contributed by atoms with Gasteiger partial charge in [0, 0.05) is 0 Å². The molecule has 0 radical (unpaired) electrons. The zero-order valence-electron chi connectivity index (χ0n) is 7.33. The molecular weight excluding hydrogens is 293 g/mol. The average molecular weight is 303 g/mol. The predicted octanol–water partition coefficient (Wildman–Crippen LogP) is 2.72. The number of hydrogen-bond acceptors (Lipinski definition) is 1. The van der Waals surface area contributed by atoms with E-state index in [1.807, 2.05) is 0 Å². The summed E-state index contributed by atoms with van der Waals surface area (Å²) in [7, 11) is 0. The van der Waals surface area contributed by atoms with Gasteiger partial charge in [-0.3, -0.25) is 0 Å². The Labute approximate surface area is 93.0 Å². The van der Waals surface area contributed by atoms with Crippen LogP contribution < -0.4 is 3.92 Å². The van der Waals surface area contributed by atoms with Crippen LogP contribution in [0, 0.1) is 0 Å². The van der Waals surface area contributed by atoms with Crippen molar-refractivity contribution in [3.8, 4) is 0 Å². The monoisotopic (exact) mass is 303 g/mol. The van der Waals surface area contributed by atoms with Gasteiger partial charge in [-0.2, -0.15) is 0 Å². The summed E-state index contributed by atoms with van der Waals surface area (Å²) in [6, 6.07) is 6.70. The van der Waals surface area contributed by atoms with Crippen LogP contribution >= 0.6 is 15.9 Å². The normalized spacial score (nSPS) is 29.5. The average Bonchev–Trinajstić information content (AvgIpc) is 2.83. The Bertz CT molecular complexity index is 366. The van der Waals surface area contributed by atoms with Crippen molar-refractivity contribution in [2.45, 2.75) is 24.2 Å². The van der Waals surface area contributed by atoms with Crippen LogP contribution in [0.15, 0.2) is 22.7 Å². The number of hydrogen-bond donors (Lipinski definition) is 0. The summed E-state index contributed by atoms with van der Waals surface area (Å²) in [5.41, 5.74) is 3.02. The molecule has 2 heterocycles. The first-order valence-electron chi connectivity index (χ1n) is 4.51. The van der Waals surface area contributed by atoms with E-state index in [-0.39, 0.29) is 0 Å². The minimum atomic E-state index is 0.748. The molecule has 1 saturated heterocycles. The van der Waals surface area contributed by atoms with Gasteiger partial charge < -0.3 is 0 Å². The first kappa shape index (κ1) is 8.34. The summed E-state index contributed by atoms with van der Waals surface area (Å²) >= 11 is 4.30. The Hall–Kier alpha value is 0.0195. The van der Waals surface area contributed by atoms with E-state index in [1.165, 1.54) is 22.1 Å². The molecule has 3 rings (SSSR count). The van der Waals surface area contributed by atoms with E-state index in [2.05, 4.69) is 45.0 Å². The second-order valence-corrected chi connectivity index (χ2v) is 7.05. The zero-order valence-corrected chi connectivity index (χ0v) is 10.6. The van der Waals surface area contributed by atoms with Gasteiger partial charge in [0.15, 0.2) is 0 Å². The van der Waals surface area contributed by atoms with Crippen molar-refractivity contribution in [1.82, 2.24) is 0 Å². The number of fused-ring (bicyclic) bond motifs is 3. The van der Waals surface area contributed by atoms with E-state index in [1.54, 1.807) is 0 Å². The van der Waals surface area contributed by atoms with Crippen molar-refractivity contribution < 1.29 is 0 Å². The van der Waals surface area contributed by atoms with Crippen LogP contribution in [0.4, 0.5) is 5.69 Å². The fourth-order valence-electron chi connectivity index (χ4n) is 2.00. The molecule has 1 fully saturated rings. The van der Waals surface area contributed by atoms with Crippen molar-refractivity contribution in [1.29, 1.82) is 0 Å². The summed E-state index contributed by atoms with van der Waals surface area (Å²) in [5, 5.41) is 0. The Kier molecular flexibility index (Phi) is 1.77. The molecule has 2 unspecified atom stereocenters. The van der Waals surface area contributed by atoms with E-state index in [0.717, 1.165) is 26.0 Å². The molecule has 68 valence electrons. The molecule has 0 saturated carbocycles. The molecular formula is C10H10BrNSe. The summed E-state index contributed by atoms with van der Waals surface area (Å²) in [6.45, 7) is 2.34. The SMILES string of the molecule is CC1CC2[Se]N2c2ccc(Br)cc21. The summed E-state index contributed by atoms with van der Waals surface area (Å²) in [5.74, 6) is 0.748. The fourth-order valence-corrected chi connectivity index (χ4v) is 4.61. The first-order chi connectivity index (χ1) is 6.25. The Morgan fingerprint density at radius 3 is 3.23 bits per heavy atom. The third-order valence-corrected chi connectivity index (χ3v) is 5.58. The van der Waals surface area contributed by atoms with E-state index in [0.29, 0.717) is 0 Å². The molecule has 3 heteroatoms. The van der Waals surface area contributed by atoms with Crippen LogP contribution in [0.5, 0.6) is 0 Å². The molecule has 1 nitrogen and oxygen atoms in total. The molecule has 1 aromatic carbocycles. The molecule has 0 bridgehead atoms. The van der Waals surface area contributed by atoms with Crippen LogP contribution in [0.2, 0.25) is 0 Å². The van der Waals surface area contributed by atoms with Crippen LogP contribution in [0.3, 0.4) is 0 Å². The molecule has 2 aliphatic rings. The van der Waals surface area contributed by atoms with Gasteiger partial charge in [0.2, 0.25) is 0 Å². The van der Waals surface area contributed by atoms with Crippen molar-refractivity contribution in [2.75, 3.05) is 3.92 Å².